The summed E-state index contributed by atoms with van der Waals surface area (Å²) in [6.45, 7) is 9.22. The largest absolute Gasteiger partial charge is 0.396 e. The average Bonchev–Trinajstić information content (AvgIpc) is 2.72. The molecule has 0 aromatic carbocycles. The first-order chi connectivity index (χ1) is 10.1. The summed E-state index contributed by atoms with van der Waals surface area (Å²) in [5, 5.41) is 7.19. The smallest absolute Gasteiger partial charge is 0.241 e. The topological polar surface area (TPSA) is 85.4 Å². The van der Waals surface area contributed by atoms with Crippen molar-refractivity contribution in [2.24, 2.45) is 0 Å². The third kappa shape index (κ3) is 4.44. The Balaban J connectivity index is 1.66. The molecule has 1 saturated heterocycles. The van der Waals surface area contributed by atoms with E-state index in [1.54, 1.807) is 4.68 Å². The van der Waals surface area contributed by atoms with Crippen LogP contribution in [0.3, 0.4) is 0 Å². The van der Waals surface area contributed by atoms with E-state index in [0.29, 0.717) is 12.2 Å². The standard InChI is InChI=1S/C14H25N5O2/c1-11-14(15)12(2)19(17-11)10-13(20)16-4-3-5-18-6-8-21-9-7-18/h3-10,15H2,1-2H3,(H,16,20). The third-order valence-corrected chi connectivity index (χ3v) is 3.81. The van der Waals surface area contributed by atoms with Gasteiger partial charge in [0.05, 0.1) is 30.3 Å². The van der Waals surface area contributed by atoms with Crippen LogP contribution in [0.15, 0.2) is 0 Å². The van der Waals surface area contributed by atoms with Crippen LogP contribution in [0.2, 0.25) is 0 Å². The molecule has 1 fully saturated rings. The molecule has 0 aliphatic carbocycles. The van der Waals surface area contributed by atoms with E-state index >= 15 is 0 Å². The second-order valence-corrected chi connectivity index (χ2v) is 5.40. The number of amides is 1. The van der Waals surface area contributed by atoms with Crippen LogP contribution >= 0.6 is 0 Å². The van der Waals surface area contributed by atoms with Gasteiger partial charge in [-0.3, -0.25) is 14.4 Å². The molecule has 1 aliphatic heterocycles. The number of nitrogens with zero attached hydrogens (tertiary/aromatic N) is 3. The van der Waals surface area contributed by atoms with E-state index in [0.717, 1.165) is 50.7 Å². The Kier molecular flexibility index (Phi) is 5.58. The normalized spacial score (nSPS) is 16.1. The summed E-state index contributed by atoms with van der Waals surface area (Å²) in [5.74, 6) is -0.0254. The highest BCUT2D eigenvalue weighted by molar-refractivity contribution is 5.75. The zero-order valence-corrected chi connectivity index (χ0v) is 12.9. The minimum absolute atomic E-state index is 0.0254. The molecule has 0 bridgehead atoms. The minimum atomic E-state index is -0.0254. The van der Waals surface area contributed by atoms with Gasteiger partial charge in [-0.2, -0.15) is 5.10 Å². The highest BCUT2D eigenvalue weighted by Gasteiger charge is 2.12. The summed E-state index contributed by atoms with van der Waals surface area (Å²) < 4.78 is 6.96. The first-order valence-corrected chi connectivity index (χ1v) is 7.44. The number of carbonyl (C=O) groups is 1. The lowest BCUT2D eigenvalue weighted by atomic mass is 10.3. The number of morpholine rings is 1. The van der Waals surface area contributed by atoms with Crippen molar-refractivity contribution in [2.75, 3.05) is 45.1 Å². The second kappa shape index (κ2) is 7.42. The van der Waals surface area contributed by atoms with Crippen molar-refractivity contribution in [2.45, 2.75) is 26.8 Å². The van der Waals surface area contributed by atoms with E-state index in [4.69, 9.17) is 10.5 Å². The number of aryl methyl sites for hydroxylation is 1. The molecule has 1 aromatic heterocycles. The number of carbonyl (C=O) groups excluding carboxylic acids is 1. The first-order valence-electron chi connectivity index (χ1n) is 7.44. The van der Waals surface area contributed by atoms with Crippen LogP contribution in [0.5, 0.6) is 0 Å². The highest BCUT2D eigenvalue weighted by Crippen LogP contribution is 2.14. The van der Waals surface area contributed by atoms with Gasteiger partial charge in [0.15, 0.2) is 0 Å². The molecule has 0 radical (unpaired) electrons. The Bertz CT molecular complexity index is 480. The van der Waals surface area contributed by atoms with Gasteiger partial charge in [-0.1, -0.05) is 0 Å². The van der Waals surface area contributed by atoms with Crippen molar-refractivity contribution in [1.82, 2.24) is 20.0 Å². The summed E-state index contributed by atoms with van der Waals surface area (Å²) in [6.07, 6.45) is 0.949. The van der Waals surface area contributed by atoms with Gasteiger partial charge < -0.3 is 15.8 Å². The van der Waals surface area contributed by atoms with Gasteiger partial charge in [0.1, 0.15) is 6.54 Å². The minimum Gasteiger partial charge on any atom is -0.396 e. The molecule has 2 rings (SSSR count). The summed E-state index contributed by atoms with van der Waals surface area (Å²) >= 11 is 0. The maximum absolute atomic E-state index is 11.9. The molecule has 1 amide bonds. The molecule has 1 aromatic rings. The molecule has 0 saturated carbocycles. The molecular formula is C14H25N5O2. The molecule has 0 unspecified atom stereocenters. The van der Waals surface area contributed by atoms with Gasteiger partial charge in [0, 0.05) is 19.6 Å². The van der Waals surface area contributed by atoms with Crippen molar-refractivity contribution in [3.8, 4) is 0 Å². The van der Waals surface area contributed by atoms with Gasteiger partial charge in [0.2, 0.25) is 5.91 Å². The first kappa shape index (κ1) is 15.8. The number of rotatable bonds is 6. The summed E-state index contributed by atoms with van der Waals surface area (Å²) in [7, 11) is 0. The fourth-order valence-electron chi connectivity index (χ4n) is 2.41. The fourth-order valence-corrected chi connectivity index (χ4v) is 2.41. The van der Waals surface area contributed by atoms with E-state index in [9.17, 15) is 4.79 Å². The number of aromatic nitrogens is 2. The van der Waals surface area contributed by atoms with Crippen LogP contribution in [0, 0.1) is 13.8 Å². The predicted octanol–water partition coefficient (Wildman–Crippen LogP) is -0.0794. The second-order valence-electron chi connectivity index (χ2n) is 5.40. The number of hydrogen-bond acceptors (Lipinski definition) is 5. The van der Waals surface area contributed by atoms with Crippen molar-refractivity contribution >= 4 is 11.6 Å². The van der Waals surface area contributed by atoms with Crippen molar-refractivity contribution in [1.29, 1.82) is 0 Å². The van der Waals surface area contributed by atoms with Gasteiger partial charge in [-0.15, -0.1) is 0 Å². The molecule has 0 atom stereocenters. The van der Waals surface area contributed by atoms with Gasteiger partial charge in [-0.25, -0.2) is 0 Å². The van der Waals surface area contributed by atoms with Crippen LogP contribution in [-0.4, -0.2) is 60.0 Å². The summed E-state index contributed by atoms with van der Waals surface area (Å²) in [6, 6.07) is 0. The predicted molar refractivity (Wildman–Crippen MR) is 81.0 cm³/mol. The maximum atomic E-state index is 11.9. The average molecular weight is 295 g/mol. The molecule has 2 heterocycles. The van der Waals surface area contributed by atoms with Crippen molar-refractivity contribution in [3.63, 3.8) is 0 Å². The number of nitrogens with two attached hydrogens (primary N) is 1. The molecule has 21 heavy (non-hydrogen) atoms. The summed E-state index contributed by atoms with van der Waals surface area (Å²) in [5.41, 5.74) is 8.13. The molecule has 118 valence electrons. The number of nitrogens with one attached hydrogen (secondary N) is 1. The lowest BCUT2D eigenvalue weighted by Gasteiger charge is -2.26. The Labute approximate surface area is 125 Å². The van der Waals surface area contributed by atoms with Crippen molar-refractivity contribution in [3.05, 3.63) is 11.4 Å². The van der Waals surface area contributed by atoms with E-state index < -0.39 is 0 Å². The third-order valence-electron chi connectivity index (χ3n) is 3.81. The Morgan fingerprint density at radius 2 is 2.10 bits per heavy atom. The summed E-state index contributed by atoms with van der Waals surface area (Å²) in [4.78, 5) is 14.2. The van der Waals surface area contributed by atoms with E-state index in [1.807, 2.05) is 13.8 Å². The lowest BCUT2D eigenvalue weighted by Crippen LogP contribution is -2.38. The van der Waals surface area contributed by atoms with Crippen LogP contribution in [0.25, 0.3) is 0 Å². The lowest BCUT2D eigenvalue weighted by molar-refractivity contribution is -0.121. The van der Waals surface area contributed by atoms with Crippen LogP contribution in [0.1, 0.15) is 17.8 Å². The van der Waals surface area contributed by atoms with E-state index in [-0.39, 0.29) is 12.5 Å². The van der Waals surface area contributed by atoms with Gasteiger partial charge in [-0.05, 0) is 26.8 Å². The van der Waals surface area contributed by atoms with Crippen LogP contribution < -0.4 is 11.1 Å². The number of nitrogen functional groups attached to an aromatic ring is 1. The monoisotopic (exact) mass is 295 g/mol. The Hall–Kier alpha value is -1.60. The highest BCUT2D eigenvalue weighted by atomic mass is 16.5. The zero-order chi connectivity index (χ0) is 15.2. The number of anilines is 1. The molecule has 1 aliphatic rings. The maximum Gasteiger partial charge on any atom is 0.241 e. The zero-order valence-electron chi connectivity index (χ0n) is 12.9. The molecule has 7 nitrogen and oxygen atoms in total. The van der Waals surface area contributed by atoms with Crippen LogP contribution in [-0.2, 0) is 16.1 Å². The number of hydrogen-bond donors (Lipinski definition) is 2. The number of ether oxygens (including phenoxy) is 1. The fraction of sp³-hybridized carbons (Fsp3) is 0.714. The Morgan fingerprint density at radius 1 is 1.38 bits per heavy atom. The van der Waals surface area contributed by atoms with Gasteiger partial charge in [0.25, 0.3) is 0 Å². The molecule has 3 N–H and O–H groups in total. The molecular weight excluding hydrogens is 270 g/mol. The van der Waals surface area contributed by atoms with Crippen molar-refractivity contribution < 1.29 is 9.53 Å². The SMILES string of the molecule is Cc1nn(CC(=O)NCCCN2CCOCC2)c(C)c1N. The van der Waals surface area contributed by atoms with Crippen LogP contribution in [0.4, 0.5) is 5.69 Å². The van der Waals surface area contributed by atoms with E-state index in [2.05, 4.69) is 15.3 Å². The van der Waals surface area contributed by atoms with Gasteiger partial charge >= 0.3 is 0 Å². The van der Waals surface area contributed by atoms with E-state index in [1.165, 1.54) is 0 Å². The molecule has 0 spiro atoms. The quantitative estimate of drug-likeness (QED) is 0.717. The molecule has 7 heteroatoms. The Morgan fingerprint density at radius 3 is 2.71 bits per heavy atom.